The van der Waals surface area contributed by atoms with Crippen LogP contribution in [0.15, 0.2) is 36.4 Å². The van der Waals surface area contributed by atoms with Gasteiger partial charge in [0.15, 0.2) is 0 Å². The van der Waals surface area contributed by atoms with Crippen molar-refractivity contribution in [2.45, 2.75) is 26.4 Å². The van der Waals surface area contributed by atoms with E-state index in [9.17, 15) is 4.79 Å². The first-order valence-electron chi connectivity index (χ1n) is 6.17. The third-order valence-electron chi connectivity index (χ3n) is 3.67. The molecule has 1 aromatic carbocycles. The molecular formula is C15H19NO2. The molecule has 2 atom stereocenters. The van der Waals surface area contributed by atoms with E-state index in [0.29, 0.717) is 6.61 Å². The largest absolute Gasteiger partial charge is 0.373 e. The third kappa shape index (κ3) is 2.46. The average Bonchev–Trinajstić information content (AvgIpc) is 2.95. The van der Waals surface area contributed by atoms with Crippen molar-refractivity contribution in [2.24, 2.45) is 11.1 Å². The van der Waals surface area contributed by atoms with Crippen molar-refractivity contribution in [1.82, 2.24) is 0 Å². The van der Waals surface area contributed by atoms with Gasteiger partial charge in [-0.15, -0.1) is 0 Å². The van der Waals surface area contributed by atoms with Crippen LogP contribution in [-0.2, 0) is 9.53 Å². The molecule has 3 nitrogen and oxygen atoms in total. The fraction of sp³-hybridized carbons (Fsp3) is 0.400. The highest BCUT2D eigenvalue weighted by atomic mass is 16.5. The SMILES string of the molecule is Cc1ccccc1C.NC(=O)C12C=CC(C1)OC2. The van der Waals surface area contributed by atoms with Gasteiger partial charge in [0.25, 0.3) is 0 Å². The topological polar surface area (TPSA) is 52.3 Å². The number of benzene rings is 1. The van der Waals surface area contributed by atoms with Crippen molar-refractivity contribution in [3.63, 3.8) is 0 Å². The summed E-state index contributed by atoms with van der Waals surface area (Å²) < 4.78 is 5.23. The molecule has 0 saturated carbocycles. The Hall–Kier alpha value is -1.61. The van der Waals surface area contributed by atoms with Crippen molar-refractivity contribution in [2.75, 3.05) is 6.61 Å². The lowest BCUT2D eigenvalue weighted by Crippen LogP contribution is -2.34. The summed E-state index contributed by atoms with van der Waals surface area (Å²) in [6.45, 7) is 4.72. The number of primary amides is 1. The maximum absolute atomic E-state index is 10.9. The molecule has 1 aliphatic carbocycles. The standard InChI is InChI=1S/C8H10.C7H9NO2/c1-7-5-3-4-6-8(7)2;8-6(9)7-2-1-5(3-7)10-4-7/h3-6H,1-2H3;1-2,5H,3-4H2,(H2,8,9). The van der Waals surface area contributed by atoms with Crippen LogP contribution in [0.4, 0.5) is 0 Å². The molecule has 0 spiro atoms. The normalized spacial score (nSPS) is 27.8. The number of rotatable bonds is 1. The number of fused-ring (bicyclic) bond motifs is 2. The maximum Gasteiger partial charge on any atom is 0.229 e. The summed E-state index contributed by atoms with van der Waals surface area (Å²) in [6, 6.07) is 8.36. The maximum atomic E-state index is 10.9. The van der Waals surface area contributed by atoms with Crippen LogP contribution in [0.3, 0.4) is 0 Å². The first-order valence-corrected chi connectivity index (χ1v) is 6.17. The van der Waals surface area contributed by atoms with Crippen molar-refractivity contribution in [1.29, 1.82) is 0 Å². The molecule has 0 aromatic heterocycles. The fourth-order valence-corrected chi connectivity index (χ4v) is 2.18. The highest BCUT2D eigenvalue weighted by molar-refractivity contribution is 5.84. The highest BCUT2D eigenvalue weighted by Crippen LogP contribution is 2.39. The molecule has 2 aliphatic rings. The molecule has 2 bridgehead atoms. The molecule has 3 rings (SSSR count). The van der Waals surface area contributed by atoms with Gasteiger partial charge in [0.05, 0.1) is 18.1 Å². The predicted molar refractivity (Wildman–Crippen MR) is 71.0 cm³/mol. The summed E-state index contributed by atoms with van der Waals surface area (Å²) in [6.07, 6.45) is 4.69. The molecule has 3 heteroatoms. The van der Waals surface area contributed by atoms with Crippen molar-refractivity contribution >= 4 is 5.91 Å². The molecule has 0 radical (unpaired) electrons. The quantitative estimate of drug-likeness (QED) is 0.770. The highest BCUT2D eigenvalue weighted by Gasteiger charge is 2.46. The second kappa shape index (κ2) is 4.94. The van der Waals surface area contributed by atoms with E-state index >= 15 is 0 Å². The number of carbonyl (C=O) groups is 1. The number of carbonyl (C=O) groups excluding carboxylic acids is 1. The number of nitrogens with two attached hydrogens (primary N) is 1. The molecule has 2 unspecified atom stereocenters. The number of aryl methyl sites for hydroxylation is 2. The van der Waals surface area contributed by atoms with Gasteiger partial charge in [0.1, 0.15) is 0 Å². The van der Waals surface area contributed by atoms with Crippen molar-refractivity contribution < 1.29 is 9.53 Å². The minimum atomic E-state index is -0.454. The van der Waals surface area contributed by atoms with E-state index in [2.05, 4.69) is 38.1 Å². The first-order chi connectivity index (χ1) is 8.53. The summed E-state index contributed by atoms with van der Waals surface area (Å²) in [4.78, 5) is 10.9. The third-order valence-corrected chi connectivity index (χ3v) is 3.67. The molecule has 1 amide bonds. The second-order valence-electron chi connectivity index (χ2n) is 5.02. The monoisotopic (exact) mass is 245 g/mol. The first kappa shape index (κ1) is 12.8. The zero-order chi connectivity index (χ0) is 13.2. The number of hydrogen-bond acceptors (Lipinski definition) is 2. The molecule has 2 N–H and O–H groups in total. The van der Waals surface area contributed by atoms with Crippen molar-refractivity contribution in [3.05, 3.63) is 47.5 Å². The van der Waals surface area contributed by atoms with Crippen molar-refractivity contribution in [3.8, 4) is 0 Å². The zero-order valence-electron chi connectivity index (χ0n) is 10.8. The predicted octanol–water partition coefficient (Wildman–Crippen LogP) is 2.12. The molecule has 1 aromatic rings. The number of ether oxygens (including phenoxy) is 1. The number of amides is 1. The minimum absolute atomic E-state index is 0.146. The average molecular weight is 245 g/mol. The van der Waals surface area contributed by atoms with Crippen LogP contribution >= 0.6 is 0 Å². The lowest BCUT2D eigenvalue weighted by Gasteiger charge is -2.16. The molecule has 96 valence electrons. The Morgan fingerprint density at radius 1 is 1.33 bits per heavy atom. The van der Waals surface area contributed by atoms with Gasteiger partial charge < -0.3 is 10.5 Å². The van der Waals surface area contributed by atoms with Gasteiger partial charge in [-0.3, -0.25) is 4.79 Å². The van der Waals surface area contributed by atoms with E-state index in [0.717, 1.165) is 6.42 Å². The Morgan fingerprint density at radius 3 is 2.17 bits per heavy atom. The van der Waals surface area contributed by atoms with Gasteiger partial charge in [-0.05, 0) is 31.4 Å². The zero-order valence-corrected chi connectivity index (χ0v) is 10.8. The van der Waals surface area contributed by atoms with Crippen LogP contribution in [0.1, 0.15) is 17.5 Å². The van der Waals surface area contributed by atoms with Gasteiger partial charge in [-0.2, -0.15) is 0 Å². The van der Waals surface area contributed by atoms with E-state index in [1.807, 2.05) is 12.2 Å². The molecular weight excluding hydrogens is 226 g/mol. The Bertz CT molecular complexity index is 460. The van der Waals surface area contributed by atoms with E-state index in [1.54, 1.807) is 0 Å². The van der Waals surface area contributed by atoms with E-state index in [-0.39, 0.29) is 12.0 Å². The van der Waals surface area contributed by atoms with Gasteiger partial charge in [0.2, 0.25) is 5.91 Å². The summed E-state index contributed by atoms with van der Waals surface area (Å²) in [5, 5.41) is 0. The van der Waals surface area contributed by atoms with E-state index in [1.165, 1.54) is 11.1 Å². The van der Waals surface area contributed by atoms with Crippen LogP contribution in [0.2, 0.25) is 0 Å². The summed E-state index contributed by atoms with van der Waals surface area (Å²) >= 11 is 0. The second-order valence-corrected chi connectivity index (χ2v) is 5.02. The Morgan fingerprint density at radius 2 is 1.94 bits per heavy atom. The van der Waals surface area contributed by atoms with Crippen LogP contribution in [-0.4, -0.2) is 18.6 Å². The fourth-order valence-electron chi connectivity index (χ4n) is 2.18. The molecule has 1 aliphatic heterocycles. The Labute approximate surface area is 108 Å². The van der Waals surface area contributed by atoms with Crippen LogP contribution < -0.4 is 5.73 Å². The van der Waals surface area contributed by atoms with Gasteiger partial charge >= 0.3 is 0 Å². The van der Waals surface area contributed by atoms with E-state index < -0.39 is 5.41 Å². The molecule has 1 heterocycles. The molecule has 1 fully saturated rings. The number of hydrogen-bond donors (Lipinski definition) is 1. The van der Waals surface area contributed by atoms with Crippen LogP contribution in [0.5, 0.6) is 0 Å². The summed E-state index contributed by atoms with van der Waals surface area (Å²) in [5.41, 5.74) is 7.48. The molecule has 1 saturated heterocycles. The Balaban J connectivity index is 0.000000138. The van der Waals surface area contributed by atoms with Gasteiger partial charge in [-0.1, -0.05) is 36.4 Å². The smallest absolute Gasteiger partial charge is 0.229 e. The minimum Gasteiger partial charge on any atom is -0.373 e. The van der Waals surface area contributed by atoms with E-state index in [4.69, 9.17) is 10.5 Å². The van der Waals surface area contributed by atoms with Crippen LogP contribution in [0.25, 0.3) is 0 Å². The molecule has 18 heavy (non-hydrogen) atoms. The van der Waals surface area contributed by atoms with Crippen LogP contribution in [0, 0.1) is 19.3 Å². The summed E-state index contributed by atoms with van der Waals surface area (Å²) in [5.74, 6) is -0.260. The Kier molecular flexibility index (Phi) is 3.53. The van der Waals surface area contributed by atoms with Gasteiger partial charge in [0, 0.05) is 0 Å². The lowest BCUT2D eigenvalue weighted by atomic mass is 9.89. The van der Waals surface area contributed by atoms with Gasteiger partial charge in [-0.25, -0.2) is 0 Å². The summed E-state index contributed by atoms with van der Waals surface area (Å²) in [7, 11) is 0. The lowest BCUT2D eigenvalue weighted by molar-refractivity contribution is -0.125.